The maximum absolute atomic E-state index is 12.0. The van der Waals surface area contributed by atoms with Crippen LogP contribution in [0.3, 0.4) is 0 Å². The molecule has 0 radical (unpaired) electrons. The van der Waals surface area contributed by atoms with E-state index in [2.05, 4.69) is 15.9 Å². The second kappa shape index (κ2) is 5.35. The highest BCUT2D eigenvalue weighted by Crippen LogP contribution is 2.22. The Labute approximate surface area is 100 Å². The average Bonchev–Trinajstić information content (AvgIpc) is 2.14. The number of nitrogens with zero attached hydrogens (tertiary/aromatic N) is 1. The number of hydrogen-bond donors (Lipinski definition) is 0. The molecular weight excluding hydrogens is 291 g/mol. The van der Waals surface area contributed by atoms with E-state index in [0.29, 0.717) is 5.33 Å². The Morgan fingerprint density at radius 2 is 2.12 bits per heavy atom. The van der Waals surface area contributed by atoms with Crippen molar-refractivity contribution in [3.05, 3.63) is 0 Å². The van der Waals surface area contributed by atoms with Gasteiger partial charge in [-0.1, -0.05) is 15.9 Å². The highest BCUT2D eigenvalue weighted by Gasteiger charge is 2.36. The minimum atomic E-state index is -4.44. The van der Waals surface area contributed by atoms with E-state index >= 15 is 0 Å². The zero-order valence-electron chi connectivity index (χ0n) is 8.76. The summed E-state index contributed by atoms with van der Waals surface area (Å²) >= 11 is 3.19. The van der Waals surface area contributed by atoms with Gasteiger partial charge in [0.05, 0.1) is 12.2 Å². The molecule has 1 amide bonds. The van der Waals surface area contributed by atoms with Crippen LogP contribution in [-0.4, -0.2) is 47.6 Å². The fourth-order valence-corrected chi connectivity index (χ4v) is 1.97. The molecule has 1 aliphatic rings. The molecule has 0 bridgehead atoms. The van der Waals surface area contributed by atoms with E-state index < -0.39 is 18.5 Å². The highest BCUT2D eigenvalue weighted by molar-refractivity contribution is 9.09. The summed E-state index contributed by atoms with van der Waals surface area (Å²) in [5.74, 6) is -0.881. The van der Waals surface area contributed by atoms with Gasteiger partial charge in [-0.25, -0.2) is 0 Å². The molecule has 2 atom stereocenters. The van der Waals surface area contributed by atoms with Crippen LogP contribution >= 0.6 is 15.9 Å². The molecule has 0 N–H and O–H groups in total. The zero-order valence-corrected chi connectivity index (χ0v) is 10.3. The molecule has 0 aromatic heterocycles. The molecule has 16 heavy (non-hydrogen) atoms. The van der Waals surface area contributed by atoms with Gasteiger partial charge in [0.25, 0.3) is 0 Å². The Morgan fingerprint density at radius 3 is 2.62 bits per heavy atom. The Hall–Kier alpha value is -0.300. The summed E-state index contributed by atoms with van der Waals surface area (Å²) in [6.07, 6.45) is -6.30. The standard InChI is InChI=1S/C9H13BrF3NO2/c1-6-4-14(5-7(3-10)16-6)8(15)2-9(11,12)13/h6-7H,2-5H2,1H3. The van der Waals surface area contributed by atoms with Crippen LogP contribution in [0.15, 0.2) is 0 Å². The number of hydrogen-bond acceptors (Lipinski definition) is 2. The minimum Gasteiger partial charge on any atom is -0.371 e. The summed E-state index contributed by atoms with van der Waals surface area (Å²) in [7, 11) is 0. The molecule has 0 aliphatic carbocycles. The maximum atomic E-state index is 12.0. The smallest absolute Gasteiger partial charge is 0.371 e. The van der Waals surface area contributed by atoms with Crippen molar-refractivity contribution in [1.29, 1.82) is 0 Å². The maximum Gasteiger partial charge on any atom is 0.397 e. The lowest BCUT2D eigenvalue weighted by molar-refractivity contribution is -0.168. The first kappa shape index (κ1) is 13.8. The van der Waals surface area contributed by atoms with Crippen molar-refractivity contribution in [3.63, 3.8) is 0 Å². The zero-order chi connectivity index (χ0) is 12.3. The molecule has 1 aliphatic heterocycles. The molecule has 2 unspecified atom stereocenters. The van der Waals surface area contributed by atoms with Gasteiger partial charge in [0, 0.05) is 18.4 Å². The van der Waals surface area contributed by atoms with Crippen LogP contribution in [0, 0.1) is 0 Å². The number of amides is 1. The van der Waals surface area contributed by atoms with Crippen LogP contribution in [0.2, 0.25) is 0 Å². The summed E-state index contributed by atoms with van der Waals surface area (Å²) in [5.41, 5.74) is 0. The summed E-state index contributed by atoms with van der Waals surface area (Å²) in [4.78, 5) is 12.6. The van der Waals surface area contributed by atoms with E-state index in [-0.39, 0.29) is 25.3 Å². The molecule has 3 nitrogen and oxygen atoms in total. The Kier molecular flexibility index (Phi) is 4.61. The summed E-state index contributed by atoms with van der Waals surface area (Å²) in [5, 5.41) is 0.507. The van der Waals surface area contributed by atoms with E-state index in [0.717, 1.165) is 0 Å². The van der Waals surface area contributed by atoms with Gasteiger partial charge in [-0.2, -0.15) is 13.2 Å². The summed E-state index contributed by atoms with van der Waals surface area (Å²) in [6.45, 7) is 2.17. The van der Waals surface area contributed by atoms with Gasteiger partial charge in [0.1, 0.15) is 6.42 Å². The topological polar surface area (TPSA) is 29.5 Å². The van der Waals surface area contributed by atoms with E-state index in [1.807, 2.05) is 0 Å². The number of carbonyl (C=O) groups excluding carboxylic acids is 1. The number of ether oxygens (including phenoxy) is 1. The van der Waals surface area contributed by atoms with Crippen LogP contribution in [0.5, 0.6) is 0 Å². The highest BCUT2D eigenvalue weighted by atomic mass is 79.9. The van der Waals surface area contributed by atoms with Crippen molar-refractivity contribution in [1.82, 2.24) is 4.90 Å². The number of halogens is 4. The van der Waals surface area contributed by atoms with Crippen molar-refractivity contribution >= 4 is 21.8 Å². The average molecular weight is 304 g/mol. The molecule has 1 saturated heterocycles. The van der Waals surface area contributed by atoms with Crippen molar-refractivity contribution in [2.75, 3.05) is 18.4 Å². The van der Waals surface area contributed by atoms with E-state index in [1.165, 1.54) is 4.90 Å². The lowest BCUT2D eigenvalue weighted by Gasteiger charge is -2.36. The molecule has 94 valence electrons. The minimum absolute atomic E-state index is 0.213. The third kappa shape index (κ3) is 4.29. The van der Waals surface area contributed by atoms with Gasteiger partial charge < -0.3 is 9.64 Å². The monoisotopic (exact) mass is 303 g/mol. The Morgan fingerprint density at radius 1 is 1.50 bits per heavy atom. The SMILES string of the molecule is CC1CN(C(=O)CC(F)(F)F)CC(CBr)O1. The number of rotatable bonds is 2. The fourth-order valence-electron chi connectivity index (χ4n) is 1.62. The number of morpholine rings is 1. The molecule has 7 heteroatoms. The molecule has 0 aromatic carbocycles. The van der Waals surface area contributed by atoms with E-state index in [9.17, 15) is 18.0 Å². The van der Waals surface area contributed by atoms with Gasteiger partial charge in [0.2, 0.25) is 5.91 Å². The largest absolute Gasteiger partial charge is 0.397 e. The third-order valence-electron chi connectivity index (χ3n) is 2.20. The molecule has 1 rings (SSSR count). The van der Waals surface area contributed by atoms with Crippen LogP contribution in [0.25, 0.3) is 0 Å². The summed E-state index contributed by atoms with van der Waals surface area (Å²) in [6, 6.07) is 0. The van der Waals surface area contributed by atoms with Gasteiger partial charge >= 0.3 is 6.18 Å². The molecule has 0 spiro atoms. The van der Waals surface area contributed by atoms with E-state index in [4.69, 9.17) is 4.74 Å². The summed E-state index contributed by atoms with van der Waals surface area (Å²) < 4.78 is 41.6. The lowest BCUT2D eigenvalue weighted by atomic mass is 10.2. The second-order valence-electron chi connectivity index (χ2n) is 3.81. The molecule has 1 heterocycles. The third-order valence-corrected chi connectivity index (χ3v) is 2.92. The first-order valence-corrected chi connectivity index (χ1v) is 6.00. The predicted octanol–water partition coefficient (Wildman–Crippen LogP) is 1.95. The Bertz CT molecular complexity index is 260. The number of carbonyl (C=O) groups is 1. The van der Waals surface area contributed by atoms with Gasteiger partial charge in [-0.15, -0.1) is 0 Å². The van der Waals surface area contributed by atoms with Crippen molar-refractivity contribution < 1.29 is 22.7 Å². The fraction of sp³-hybridized carbons (Fsp3) is 0.889. The Balaban J connectivity index is 2.55. The van der Waals surface area contributed by atoms with Crippen molar-refractivity contribution in [3.8, 4) is 0 Å². The van der Waals surface area contributed by atoms with Gasteiger partial charge in [0.15, 0.2) is 0 Å². The van der Waals surface area contributed by atoms with Crippen LogP contribution < -0.4 is 0 Å². The lowest BCUT2D eigenvalue weighted by Crippen LogP contribution is -2.50. The molecule has 0 aromatic rings. The van der Waals surface area contributed by atoms with Gasteiger partial charge in [-0.05, 0) is 6.92 Å². The second-order valence-corrected chi connectivity index (χ2v) is 4.46. The normalized spacial score (nSPS) is 26.9. The molecule has 0 saturated carbocycles. The van der Waals surface area contributed by atoms with Crippen LogP contribution in [0.1, 0.15) is 13.3 Å². The predicted molar refractivity (Wildman–Crippen MR) is 55.4 cm³/mol. The van der Waals surface area contributed by atoms with Crippen molar-refractivity contribution in [2.45, 2.75) is 31.7 Å². The van der Waals surface area contributed by atoms with Crippen molar-refractivity contribution in [2.24, 2.45) is 0 Å². The van der Waals surface area contributed by atoms with Crippen LogP contribution in [-0.2, 0) is 9.53 Å². The van der Waals surface area contributed by atoms with E-state index in [1.54, 1.807) is 6.92 Å². The van der Waals surface area contributed by atoms with Gasteiger partial charge in [-0.3, -0.25) is 4.79 Å². The molecular formula is C9H13BrF3NO2. The first-order valence-electron chi connectivity index (χ1n) is 4.88. The molecule has 1 fully saturated rings. The number of alkyl halides is 4. The first-order chi connectivity index (χ1) is 7.31. The quantitative estimate of drug-likeness (QED) is 0.730. The van der Waals surface area contributed by atoms with Crippen LogP contribution in [0.4, 0.5) is 13.2 Å².